The van der Waals surface area contributed by atoms with Gasteiger partial charge in [-0.25, -0.2) is 9.97 Å². The summed E-state index contributed by atoms with van der Waals surface area (Å²) in [6.45, 7) is 1.96. The average molecular weight is 380 g/mol. The van der Waals surface area contributed by atoms with E-state index in [-0.39, 0.29) is 0 Å². The number of halogens is 1. The third-order valence-electron chi connectivity index (χ3n) is 3.86. The molecule has 0 bridgehead atoms. The highest BCUT2D eigenvalue weighted by molar-refractivity contribution is 9.10. The van der Waals surface area contributed by atoms with Gasteiger partial charge in [-0.2, -0.15) is 0 Å². The molecule has 0 atom stereocenters. The highest BCUT2D eigenvalue weighted by Crippen LogP contribution is 2.28. The first-order chi connectivity index (χ1) is 11.6. The van der Waals surface area contributed by atoms with Crippen molar-refractivity contribution in [2.75, 3.05) is 5.73 Å². The van der Waals surface area contributed by atoms with Gasteiger partial charge in [0, 0.05) is 16.2 Å². The van der Waals surface area contributed by atoms with E-state index in [0.717, 1.165) is 27.1 Å². The molecule has 0 amide bonds. The molecule has 2 N–H and O–H groups in total. The van der Waals surface area contributed by atoms with Crippen molar-refractivity contribution in [2.24, 2.45) is 0 Å². The van der Waals surface area contributed by atoms with Crippen LogP contribution >= 0.6 is 15.9 Å². The molecule has 0 spiro atoms. The third kappa shape index (κ3) is 2.45. The highest BCUT2D eigenvalue weighted by atomic mass is 79.9. The van der Waals surface area contributed by atoms with Crippen molar-refractivity contribution in [3.63, 3.8) is 0 Å². The molecule has 0 fully saturated rings. The SMILES string of the molecule is Cc1nc2ccccn2c1-c1cnc(-c2ccc(Br)cc2)c(N)n1. The molecule has 3 heterocycles. The van der Waals surface area contributed by atoms with Crippen LogP contribution in [0.25, 0.3) is 28.3 Å². The zero-order valence-electron chi connectivity index (χ0n) is 12.9. The minimum Gasteiger partial charge on any atom is -0.382 e. The van der Waals surface area contributed by atoms with Gasteiger partial charge < -0.3 is 5.73 Å². The van der Waals surface area contributed by atoms with E-state index in [9.17, 15) is 0 Å². The topological polar surface area (TPSA) is 69.1 Å². The van der Waals surface area contributed by atoms with Crippen molar-refractivity contribution >= 4 is 27.4 Å². The fourth-order valence-corrected chi connectivity index (χ4v) is 3.03. The van der Waals surface area contributed by atoms with Crippen LogP contribution in [0.2, 0.25) is 0 Å². The number of nitrogens with two attached hydrogens (primary N) is 1. The maximum atomic E-state index is 6.18. The van der Waals surface area contributed by atoms with Crippen LogP contribution in [0.3, 0.4) is 0 Å². The number of aryl methyl sites for hydroxylation is 1. The van der Waals surface area contributed by atoms with Gasteiger partial charge in [0.05, 0.1) is 17.6 Å². The molecular weight excluding hydrogens is 366 g/mol. The average Bonchev–Trinajstić information content (AvgIpc) is 2.91. The van der Waals surface area contributed by atoms with Crippen molar-refractivity contribution in [1.82, 2.24) is 19.4 Å². The van der Waals surface area contributed by atoms with E-state index in [0.29, 0.717) is 17.2 Å². The van der Waals surface area contributed by atoms with E-state index in [2.05, 4.69) is 30.9 Å². The highest BCUT2D eigenvalue weighted by Gasteiger charge is 2.14. The molecule has 4 rings (SSSR count). The molecule has 118 valence electrons. The molecule has 0 aliphatic rings. The number of hydrogen-bond acceptors (Lipinski definition) is 4. The largest absolute Gasteiger partial charge is 0.382 e. The van der Waals surface area contributed by atoms with Gasteiger partial charge >= 0.3 is 0 Å². The van der Waals surface area contributed by atoms with Crippen LogP contribution in [-0.2, 0) is 0 Å². The van der Waals surface area contributed by atoms with Crippen LogP contribution in [0, 0.1) is 6.92 Å². The van der Waals surface area contributed by atoms with Gasteiger partial charge in [0.2, 0.25) is 0 Å². The first kappa shape index (κ1) is 14.8. The molecule has 0 saturated heterocycles. The molecule has 1 aromatic carbocycles. The lowest BCUT2D eigenvalue weighted by Crippen LogP contribution is -2.01. The minimum absolute atomic E-state index is 0.403. The van der Waals surface area contributed by atoms with E-state index >= 15 is 0 Å². The first-order valence-corrected chi connectivity index (χ1v) is 8.25. The van der Waals surface area contributed by atoms with Gasteiger partial charge in [-0.1, -0.05) is 34.1 Å². The number of anilines is 1. The fourth-order valence-electron chi connectivity index (χ4n) is 2.77. The number of aromatic nitrogens is 4. The second kappa shape index (κ2) is 5.72. The summed E-state index contributed by atoms with van der Waals surface area (Å²) in [6, 6.07) is 13.7. The number of rotatable bonds is 2. The minimum atomic E-state index is 0.403. The molecule has 3 aromatic heterocycles. The lowest BCUT2D eigenvalue weighted by atomic mass is 10.1. The zero-order chi connectivity index (χ0) is 16.7. The van der Waals surface area contributed by atoms with E-state index in [1.165, 1.54) is 0 Å². The predicted octanol–water partition coefficient (Wildman–Crippen LogP) is 4.11. The zero-order valence-corrected chi connectivity index (χ0v) is 14.5. The summed E-state index contributed by atoms with van der Waals surface area (Å²) in [5.41, 5.74) is 11.2. The number of pyridine rings is 1. The number of nitrogens with zero attached hydrogens (tertiary/aromatic N) is 4. The summed E-state index contributed by atoms with van der Waals surface area (Å²) in [5, 5.41) is 0. The molecule has 0 radical (unpaired) electrons. The Labute approximate surface area is 147 Å². The Balaban J connectivity index is 1.84. The fraction of sp³-hybridized carbons (Fsp3) is 0.0556. The Hall–Kier alpha value is -2.73. The van der Waals surface area contributed by atoms with Crippen LogP contribution in [0.15, 0.2) is 59.3 Å². The lowest BCUT2D eigenvalue weighted by Gasteiger charge is -2.08. The van der Waals surface area contributed by atoms with Gasteiger partial charge in [-0.15, -0.1) is 0 Å². The van der Waals surface area contributed by atoms with Crippen LogP contribution in [0.5, 0.6) is 0 Å². The number of benzene rings is 1. The summed E-state index contributed by atoms with van der Waals surface area (Å²) in [4.78, 5) is 13.7. The van der Waals surface area contributed by atoms with Gasteiger partial charge in [-0.3, -0.25) is 9.38 Å². The summed E-state index contributed by atoms with van der Waals surface area (Å²) < 4.78 is 3.01. The van der Waals surface area contributed by atoms with E-state index < -0.39 is 0 Å². The lowest BCUT2D eigenvalue weighted by molar-refractivity contribution is 1.14. The normalized spacial score (nSPS) is 11.1. The smallest absolute Gasteiger partial charge is 0.150 e. The Kier molecular flexibility index (Phi) is 3.54. The first-order valence-electron chi connectivity index (χ1n) is 7.46. The van der Waals surface area contributed by atoms with Gasteiger partial charge in [0.15, 0.2) is 5.82 Å². The molecule has 6 heteroatoms. The van der Waals surface area contributed by atoms with E-state index in [1.54, 1.807) is 6.20 Å². The monoisotopic (exact) mass is 379 g/mol. The maximum absolute atomic E-state index is 6.18. The third-order valence-corrected chi connectivity index (χ3v) is 4.39. The molecule has 0 aliphatic carbocycles. The predicted molar refractivity (Wildman–Crippen MR) is 98.5 cm³/mol. The van der Waals surface area contributed by atoms with Gasteiger partial charge in [-0.05, 0) is 31.2 Å². The second-order valence-corrected chi connectivity index (χ2v) is 6.39. The van der Waals surface area contributed by atoms with E-state index in [4.69, 9.17) is 5.73 Å². The number of nitrogen functional groups attached to an aromatic ring is 1. The Morgan fingerprint density at radius 3 is 2.58 bits per heavy atom. The Bertz CT molecular complexity index is 1040. The molecular formula is C18H14BrN5. The second-order valence-electron chi connectivity index (χ2n) is 5.47. The van der Waals surface area contributed by atoms with Crippen LogP contribution < -0.4 is 5.73 Å². The van der Waals surface area contributed by atoms with Crippen molar-refractivity contribution in [3.8, 4) is 22.6 Å². The summed E-state index contributed by atoms with van der Waals surface area (Å²) >= 11 is 3.43. The Morgan fingerprint density at radius 2 is 1.83 bits per heavy atom. The Morgan fingerprint density at radius 1 is 1.04 bits per heavy atom. The van der Waals surface area contributed by atoms with Crippen molar-refractivity contribution in [2.45, 2.75) is 6.92 Å². The van der Waals surface area contributed by atoms with Crippen molar-refractivity contribution in [3.05, 3.63) is 65.0 Å². The van der Waals surface area contributed by atoms with Crippen LogP contribution in [0.4, 0.5) is 5.82 Å². The molecule has 5 nitrogen and oxygen atoms in total. The van der Waals surface area contributed by atoms with Crippen LogP contribution in [-0.4, -0.2) is 19.4 Å². The summed E-state index contributed by atoms with van der Waals surface area (Å²) in [6.07, 6.45) is 3.71. The molecule has 0 aliphatic heterocycles. The van der Waals surface area contributed by atoms with E-state index in [1.807, 2.05) is 60.0 Å². The number of imidazole rings is 1. The standard InChI is InChI=1S/C18H14BrN5/c1-11-17(24-9-3-2-4-15(24)22-11)14-10-21-16(18(20)23-14)12-5-7-13(19)8-6-12/h2-10H,1H3,(H2,20,23). The number of hydrogen-bond donors (Lipinski definition) is 1. The quantitative estimate of drug-likeness (QED) is 0.568. The summed E-state index contributed by atoms with van der Waals surface area (Å²) in [5.74, 6) is 0.403. The molecule has 0 unspecified atom stereocenters. The number of fused-ring (bicyclic) bond motifs is 1. The molecule has 0 saturated carbocycles. The molecule has 4 aromatic rings. The van der Waals surface area contributed by atoms with Crippen LogP contribution in [0.1, 0.15) is 5.69 Å². The van der Waals surface area contributed by atoms with Crippen molar-refractivity contribution < 1.29 is 0 Å². The molecule has 24 heavy (non-hydrogen) atoms. The van der Waals surface area contributed by atoms with Gasteiger partial charge in [0.25, 0.3) is 0 Å². The van der Waals surface area contributed by atoms with Gasteiger partial charge in [0.1, 0.15) is 17.0 Å². The van der Waals surface area contributed by atoms with Crippen molar-refractivity contribution in [1.29, 1.82) is 0 Å². The maximum Gasteiger partial charge on any atom is 0.150 e. The summed E-state index contributed by atoms with van der Waals surface area (Å²) in [7, 11) is 0.